The molecule has 1 aromatic heterocycles. The van der Waals surface area contributed by atoms with E-state index in [1.165, 1.54) is 4.68 Å². The Kier molecular flexibility index (Phi) is 4.75. The molecular weight excluding hydrogens is 366 g/mol. The molecular formula is C19H23N3O4S. The second kappa shape index (κ2) is 7.07. The second-order valence-electron chi connectivity index (χ2n) is 7.49. The minimum Gasteiger partial charge on any atom is -0.334 e. The molecule has 0 N–H and O–H groups in total. The molecule has 0 bridgehead atoms. The molecule has 144 valence electrons. The number of rotatable bonds is 4. The summed E-state index contributed by atoms with van der Waals surface area (Å²) < 4.78 is 25.1. The SMILES string of the molecule is O=C(Cn1ncc2ccccc2c1=O)N(C1CCCC1)[C@H]1CCS(=O)(=O)C1. The van der Waals surface area contributed by atoms with Crippen LogP contribution in [-0.4, -0.2) is 52.6 Å². The Labute approximate surface area is 157 Å². The van der Waals surface area contributed by atoms with Crippen LogP contribution in [0.3, 0.4) is 0 Å². The molecule has 27 heavy (non-hydrogen) atoms. The van der Waals surface area contributed by atoms with Gasteiger partial charge in [-0.2, -0.15) is 5.10 Å². The lowest BCUT2D eigenvalue weighted by atomic mass is 10.1. The highest BCUT2D eigenvalue weighted by Gasteiger charge is 2.39. The number of sulfone groups is 1. The Morgan fingerprint density at radius 2 is 1.89 bits per heavy atom. The summed E-state index contributed by atoms with van der Waals surface area (Å²) in [4.78, 5) is 27.5. The normalized spacial score (nSPS) is 22.3. The standard InChI is InChI=1S/C19H23N3O4S/c23-18(12-21-19(24)17-8-4-1-5-14(17)11-20-21)22(15-6-2-3-7-15)16-9-10-27(25,26)13-16/h1,4-5,8,11,15-16H,2-3,6-7,9-10,12-13H2/t16-/m0/s1. The summed E-state index contributed by atoms with van der Waals surface area (Å²) in [5, 5.41) is 5.41. The minimum absolute atomic E-state index is 0.0231. The molecule has 2 heterocycles. The van der Waals surface area contributed by atoms with Crippen LogP contribution in [0.15, 0.2) is 35.3 Å². The molecule has 0 unspecified atom stereocenters. The molecule has 1 aromatic carbocycles. The van der Waals surface area contributed by atoms with Gasteiger partial charge < -0.3 is 4.90 Å². The van der Waals surface area contributed by atoms with Gasteiger partial charge in [0.25, 0.3) is 5.56 Å². The molecule has 1 saturated heterocycles. The fourth-order valence-electron chi connectivity index (χ4n) is 4.33. The van der Waals surface area contributed by atoms with Gasteiger partial charge in [-0.15, -0.1) is 0 Å². The van der Waals surface area contributed by atoms with E-state index in [4.69, 9.17) is 0 Å². The van der Waals surface area contributed by atoms with Crippen LogP contribution < -0.4 is 5.56 Å². The smallest absolute Gasteiger partial charge is 0.275 e. The third-order valence-electron chi connectivity index (χ3n) is 5.65. The van der Waals surface area contributed by atoms with Crippen molar-refractivity contribution in [1.82, 2.24) is 14.7 Å². The first-order valence-electron chi connectivity index (χ1n) is 9.41. The first kappa shape index (κ1) is 18.2. The highest BCUT2D eigenvalue weighted by molar-refractivity contribution is 7.91. The van der Waals surface area contributed by atoms with Gasteiger partial charge in [-0.25, -0.2) is 13.1 Å². The van der Waals surface area contributed by atoms with Crippen LogP contribution in [0, 0.1) is 0 Å². The maximum absolute atomic E-state index is 13.1. The molecule has 7 nitrogen and oxygen atoms in total. The predicted molar refractivity (Wildman–Crippen MR) is 102 cm³/mol. The summed E-state index contributed by atoms with van der Waals surface area (Å²) in [5.41, 5.74) is -0.299. The molecule has 1 saturated carbocycles. The van der Waals surface area contributed by atoms with Crippen LogP contribution in [0.25, 0.3) is 10.8 Å². The molecule has 2 aromatic rings. The molecule has 1 aliphatic carbocycles. The zero-order chi connectivity index (χ0) is 19.0. The van der Waals surface area contributed by atoms with Crippen LogP contribution in [0.1, 0.15) is 32.1 Å². The quantitative estimate of drug-likeness (QED) is 0.788. The van der Waals surface area contributed by atoms with Crippen molar-refractivity contribution in [3.8, 4) is 0 Å². The number of carbonyl (C=O) groups excluding carboxylic acids is 1. The van der Waals surface area contributed by atoms with Gasteiger partial charge in [-0.1, -0.05) is 31.0 Å². The van der Waals surface area contributed by atoms with Crippen LogP contribution in [0.5, 0.6) is 0 Å². The first-order chi connectivity index (χ1) is 12.9. The van der Waals surface area contributed by atoms with Gasteiger partial charge in [-0.3, -0.25) is 9.59 Å². The Morgan fingerprint density at radius 3 is 2.59 bits per heavy atom. The van der Waals surface area contributed by atoms with Gasteiger partial charge in [-0.05, 0) is 25.3 Å². The molecule has 1 amide bonds. The maximum Gasteiger partial charge on any atom is 0.275 e. The summed E-state index contributed by atoms with van der Waals surface area (Å²) in [6.45, 7) is -0.156. The van der Waals surface area contributed by atoms with Crippen molar-refractivity contribution in [1.29, 1.82) is 0 Å². The predicted octanol–water partition coefficient (Wildman–Crippen LogP) is 1.35. The lowest BCUT2D eigenvalue weighted by molar-refractivity contribution is -0.136. The Morgan fingerprint density at radius 1 is 1.15 bits per heavy atom. The number of hydrogen-bond donors (Lipinski definition) is 0. The maximum atomic E-state index is 13.1. The second-order valence-corrected chi connectivity index (χ2v) is 9.72. The topological polar surface area (TPSA) is 89.3 Å². The number of carbonyl (C=O) groups is 1. The first-order valence-corrected chi connectivity index (χ1v) is 11.2. The van der Waals surface area contributed by atoms with E-state index in [1.807, 2.05) is 12.1 Å². The average molecular weight is 389 g/mol. The van der Waals surface area contributed by atoms with E-state index in [0.717, 1.165) is 31.1 Å². The van der Waals surface area contributed by atoms with E-state index in [9.17, 15) is 18.0 Å². The van der Waals surface area contributed by atoms with Crippen LogP contribution in [0.4, 0.5) is 0 Å². The fourth-order valence-corrected chi connectivity index (χ4v) is 6.04. The molecule has 1 atom stereocenters. The molecule has 8 heteroatoms. The van der Waals surface area contributed by atoms with Gasteiger partial charge in [0.2, 0.25) is 5.91 Å². The van der Waals surface area contributed by atoms with Gasteiger partial charge >= 0.3 is 0 Å². The lowest BCUT2D eigenvalue weighted by Crippen LogP contribution is -2.49. The van der Waals surface area contributed by atoms with E-state index in [1.54, 1.807) is 23.2 Å². The van der Waals surface area contributed by atoms with Crippen molar-refractivity contribution in [3.05, 3.63) is 40.8 Å². The summed E-state index contributed by atoms with van der Waals surface area (Å²) in [5.74, 6) is -0.0636. The fraction of sp³-hybridized carbons (Fsp3) is 0.526. The lowest BCUT2D eigenvalue weighted by Gasteiger charge is -2.34. The largest absolute Gasteiger partial charge is 0.334 e. The monoisotopic (exact) mass is 389 g/mol. The Hall–Kier alpha value is -2.22. The summed E-state index contributed by atoms with van der Waals surface area (Å²) >= 11 is 0. The number of aromatic nitrogens is 2. The summed E-state index contributed by atoms with van der Waals surface area (Å²) in [7, 11) is -3.09. The van der Waals surface area contributed by atoms with E-state index in [2.05, 4.69) is 5.10 Å². The van der Waals surface area contributed by atoms with Gasteiger partial charge in [0, 0.05) is 17.5 Å². The average Bonchev–Trinajstić information content (AvgIpc) is 3.28. The van der Waals surface area contributed by atoms with Gasteiger partial charge in [0.05, 0.1) is 23.1 Å². The summed E-state index contributed by atoms with van der Waals surface area (Å²) in [6, 6.07) is 6.92. The van der Waals surface area contributed by atoms with E-state index in [0.29, 0.717) is 11.8 Å². The van der Waals surface area contributed by atoms with E-state index >= 15 is 0 Å². The zero-order valence-electron chi connectivity index (χ0n) is 15.1. The Bertz CT molecular complexity index is 1020. The zero-order valence-corrected chi connectivity index (χ0v) is 15.9. The van der Waals surface area contributed by atoms with Crippen molar-refractivity contribution in [2.24, 2.45) is 0 Å². The third-order valence-corrected chi connectivity index (χ3v) is 7.41. The molecule has 2 fully saturated rings. The van der Waals surface area contributed by atoms with Crippen molar-refractivity contribution in [2.75, 3.05) is 11.5 Å². The number of fused-ring (bicyclic) bond motifs is 1. The molecule has 2 aliphatic rings. The van der Waals surface area contributed by atoms with E-state index < -0.39 is 9.84 Å². The summed E-state index contributed by atoms with van der Waals surface area (Å²) in [6.07, 6.45) is 5.93. The highest BCUT2D eigenvalue weighted by atomic mass is 32.2. The molecule has 0 radical (unpaired) electrons. The van der Waals surface area contributed by atoms with Crippen molar-refractivity contribution in [3.63, 3.8) is 0 Å². The van der Waals surface area contributed by atoms with Gasteiger partial charge in [0.1, 0.15) is 6.54 Å². The van der Waals surface area contributed by atoms with E-state index in [-0.39, 0.29) is 41.6 Å². The Balaban J connectivity index is 1.62. The molecule has 1 aliphatic heterocycles. The highest BCUT2D eigenvalue weighted by Crippen LogP contribution is 2.29. The molecule has 4 rings (SSSR count). The van der Waals surface area contributed by atoms with Gasteiger partial charge in [0.15, 0.2) is 9.84 Å². The minimum atomic E-state index is -3.09. The number of hydrogen-bond acceptors (Lipinski definition) is 5. The molecule has 0 spiro atoms. The van der Waals surface area contributed by atoms with Crippen LogP contribution in [0.2, 0.25) is 0 Å². The van der Waals surface area contributed by atoms with Crippen molar-refractivity contribution in [2.45, 2.75) is 50.7 Å². The van der Waals surface area contributed by atoms with Crippen molar-refractivity contribution < 1.29 is 13.2 Å². The number of benzene rings is 1. The van der Waals surface area contributed by atoms with Crippen LogP contribution in [-0.2, 0) is 21.2 Å². The van der Waals surface area contributed by atoms with Crippen LogP contribution >= 0.6 is 0 Å². The number of amides is 1. The van der Waals surface area contributed by atoms with Crippen molar-refractivity contribution >= 4 is 26.5 Å². The third kappa shape index (κ3) is 3.63. The number of nitrogens with zero attached hydrogens (tertiary/aromatic N) is 3.